The summed E-state index contributed by atoms with van der Waals surface area (Å²) in [5, 5.41) is 8.57. The van der Waals surface area contributed by atoms with Crippen molar-refractivity contribution in [1.29, 1.82) is 0 Å². The van der Waals surface area contributed by atoms with Crippen molar-refractivity contribution in [2.45, 2.75) is 95.4 Å². The molecule has 0 radical (unpaired) electrons. The molecule has 2 saturated heterocycles. The van der Waals surface area contributed by atoms with Crippen molar-refractivity contribution in [3.8, 4) is 0 Å². The molecule has 0 bridgehead atoms. The smallest absolute Gasteiger partial charge is 0.309 e. The maximum atomic E-state index is 11.5. The first-order chi connectivity index (χ1) is 10.8. The van der Waals surface area contributed by atoms with Crippen LogP contribution in [0.15, 0.2) is 0 Å². The third kappa shape index (κ3) is 5.18. The topological polar surface area (TPSA) is 82.1 Å². The largest absolute Gasteiger partial charge is 0.481 e. The third-order valence-corrected chi connectivity index (χ3v) is 4.82. The summed E-state index contributed by atoms with van der Waals surface area (Å²) in [6.07, 6.45) is 7.77. The van der Waals surface area contributed by atoms with E-state index in [2.05, 4.69) is 0 Å². The molecule has 2 aliphatic rings. The highest BCUT2D eigenvalue weighted by atomic mass is 17.2. The predicted molar refractivity (Wildman–Crippen MR) is 82.7 cm³/mol. The van der Waals surface area contributed by atoms with Crippen LogP contribution in [0.5, 0.6) is 0 Å². The number of fused-ring (bicyclic) bond motifs is 1. The highest BCUT2D eigenvalue weighted by molar-refractivity contribution is 5.73. The number of esters is 1. The van der Waals surface area contributed by atoms with Crippen LogP contribution < -0.4 is 0 Å². The average molecular weight is 328 g/mol. The summed E-state index contributed by atoms with van der Waals surface area (Å²) in [6.45, 7) is 3.93. The first kappa shape index (κ1) is 18.2. The van der Waals surface area contributed by atoms with Crippen LogP contribution in [0.3, 0.4) is 0 Å². The van der Waals surface area contributed by atoms with Crippen molar-refractivity contribution in [2.75, 3.05) is 0 Å². The zero-order valence-electron chi connectivity index (χ0n) is 14.1. The number of carboxylic acids is 1. The summed E-state index contributed by atoms with van der Waals surface area (Å²) in [6, 6.07) is 0. The van der Waals surface area contributed by atoms with Gasteiger partial charge in [-0.2, -0.15) is 0 Å². The van der Waals surface area contributed by atoms with E-state index in [1.807, 2.05) is 13.8 Å². The van der Waals surface area contributed by atoms with Gasteiger partial charge >= 0.3 is 11.9 Å². The molecule has 0 aromatic rings. The van der Waals surface area contributed by atoms with Gasteiger partial charge in [0.1, 0.15) is 17.3 Å². The quantitative estimate of drug-likeness (QED) is 0.397. The Bertz CT molecular complexity index is 437. The first-order valence-electron chi connectivity index (χ1n) is 8.61. The van der Waals surface area contributed by atoms with Crippen molar-refractivity contribution >= 4 is 11.9 Å². The Balaban J connectivity index is 1.62. The van der Waals surface area contributed by atoms with Gasteiger partial charge in [0.2, 0.25) is 0 Å². The summed E-state index contributed by atoms with van der Waals surface area (Å²) < 4.78 is 5.45. The fraction of sp³-hybridized carbons (Fsp3) is 0.882. The van der Waals surface area contributed by atoms with Crippen molar-refractivity contribution in [3.05, 3.63) is 0 Å². The van der Waals surface area contributed by atoms with Crippen LogP contribution in [-0.2, 0) is 24.1 Å². The number of carbonyl (C=O) groups is 2. The normalized spacial score (nSPS) is 33.3. The molecule has 0 spiro atoms. The molecular weight excluding hydrogens is 300 g/mol. The fourth-order valence-electron chi connectivity index (χ4n) is 3.58. The van der Waals surface area contributed by atoms with Crippen LogP contribution in [0.4, 0.5) is 0 Å². The highest BCUT2D eigenvalue weighted by Gasteiger charge is 2.55. The van der Waals surface area contributed by atoms with Gasteiger partial charge in [-0.15, -0.1) is 0 Å². The molecule has 6 heteroatoms. The van der Waals surface area contributed by atoms with Crippen molar-refractivity contribution < 1.29 is 29.2 Å². The number of rotatable bonds is 9. The standard InChI is InChI=1S/C17H28O6/c1-16(10-8-6-4-3-5-7-9-14(18)19)12-17(2)13(22-23-16)11-15(20)21-17/h13H,3-12H2,1-2H3,(H,18,19)/t13-,16+,17-/m1/s1. The maximum absolute atomic E-state index is 11.5. The average Bonchev–Trinajstić information content (AvgIpc) is 2.74. The monoisotopic (exact) mass is 328 g/mol. The van der Waals surface area contributed by atoms with Gasteiger partial charge in [0.25, 0.3) is 0 Å². The van der Waals surface area contributed by atoms with Gasteiger partial charge in [-0.3, -0.25) is 9.59 Å². The molecule has 2 heterocycles. The van der Waals surface area contributed by atoms with E-state index in [0.717, 1.165) is 44.9 Å². The van der Waals surface area contributed by atoms with Crippen molar-refractivity contribution in [2.24, 2.45) is 0 Å². The molecule has 1 N–H and O–H groups in total. The van der Waals surface area contributed by atoms with Gasteiger partial charge < -0.3 is 9.84 Å². The van der Waals surface area contributed by atoms with E-state index < -0.39 is 17.2 Å². The van der Waals surface area contributed by atoms with Crippen molar-refractivity contribution in [3.63, 3.8) is 0 Å². The highest BCUT2D eigenvalue weighted by Crippen LogP contribution is 2.44. The van der Waals surface area contributed by atoms with Crippen LogP contribution >= 0.6 is 0 Å². The molecule has 2 aliphatic heterocycles. The van der Waals surface area contributed by atoms with Crippen LogP contribution in [0, 0.1) is 0 Å². The van der Waals surface area contributed by atoms with Gasteiger partial charge in [-0.05, 0) is 26.7 Å². The lowest BCUT2D eigenvalue weighted by molar-refractivity contribution is -0.428. The summed E-state index contributed by atoms with van der Waals surface area (Å²) in [7, 11) is 0. The number of carboxylic acid groups (broad SMARTS) is 1. The summed E-state index contributed by atoms with van der Waals surface area (Å²) in [5.74, 6) is -0.932. The van der Waals surface area contributed by atoms with E-state index in [9.17, 15) is 9.59 Å². The van der Waals surface area contributed by atoms with E-state index in [1.165, 1.54) is 0 Å². The molecule has 0 aliphatic carbocycles. The molecule has 0 aromatic heterocycles. The second kappa shape index (κ2) is 7.62. The second-order valence-electron chi connectivity index (χ2n) is 7.30. The lowest BCUT2D eigenvalue weighted by Gasteiger charge is -2.43. The summed E-state index contributed by atoms with van der Waals surface area (Å²) in [5.41, 5.74) is -0.986. The summed E-state index contributed by atoms with van der Waals surface area (Å²) >= 11 is 0. The predicted octanol–water partition coefficient (Wildman–Crippen LogP) is 3.38. The Morgan fingerprint density at radius 2 is 1.83 bits per heavy atom. The number of hydrogen-bond acceptors (Lipinski definition) is 5. The van der Waals surface area contributed by atoms with Crippen LogP contribution in [0.25, 0.3) is 0 Å². The Morgan fingerprint density at radius 1 is 1.17 bits per heavy atom. The first-order valence-corrected chi connectivity index (χ1v) is 8.61. The molecule has 6 nitrogen and oxygen atoms in total. The van der Waals surface area contributed by atoms with Gasteiger partial charge in [-0.1, -0.05) is 32.1 Å². The number of carbonyl (C=O) groups excluding carboxylic acids is 1. The van der Waals surface area contributed by atoms with Crippen molar-refractivity contribution in [1.82, 2.24) is 0 Å². The molecule has 0 unspecified atom stereocenters. The second-order valence-corrected chi connectivity index (χ2v) is 7.30. The van der Waals surface area contributed by atoms with E-state index in [1.54, 1.807) is 0 Å². The van der Waals surface area contributed by atoms with E-state index in [4.69, 9.17) is 19.6 Å². The summed E-state index contributed by atoms with van der Waals surface area (Å²) in [4.78, 5) is 32.9. The molecule has 2 rings (SSSR count). The zero-order valence-corrected chi connectivity index (χ0v) is 14.1. The molecule has 2 fully saturated rings. The molecule has 132 valence electrons. The fourth-order valence-corrected chi connectivity index (χ4v) is 3.58. The lowest BCUT2D eigenvalue weighted by atomic mass is 9.82. The number of aliphatic carboxylic acids is 1. The SMILES string of the molecule is C[C@]1(CCCCCCCCC(=O)O)C[C@@]2(C)OC(=O)C[C@H]2OO1. The number of ether oxygens (including phenoxy) is 1. The minimum absolute atomic E-state index is 0.216. The molecular formula is C17H28O6. The maximum Gasteiger partial charge on any atom is 0.309 e. The Kier molecular flexibility index (Phi) is 6.03. The molecule has 3 atom stereocenters. The van der Waals surface area contributed by atoms with Crippen LogP contribution in [-0.4, -0.2) is 34.4 Å². The van der Waals surface area contributed by atoms with Gasteiger partial charge in [0, 0.05) is 12.8 Å². The molecule has 23 heavy (non-hydrogen) atoms. The van der Waals surface area contributed by atoms with Crippen LogP contribution in [0.1, 0.15) is 78.1 Å². The van der Waals surface area contributed by atoms with Gasteiger partial charge in [-0.25, -0.2) is 9.78 Å². The van der Waals surface area contributed by atoms with E-state index in [0.29, 0.717) is 6.42 Å². The minimum atomic E-state index is -0.716. The van der Waals surface area contributed by atoms with Gasteiger partial charge in [0.05, 0.1) is 6.42 Å². The van der Waals surface area contributed by atoms with Crippen LogP contribution in [0.2, 0.25) is 0 Å². The van der Waals surface area contributed by atoms with Gasteiger partial charge in [0.15, 0.2) is 0 Å². The Labute approximate surface area is 137 Å². The Hall–Kier alpha value is -1.14. The van der Waals surface area contributed by atoms with E-state index in [-0.39, 0.29) is 24.9 Å². The molecule has 0 saturated carbocycles. The third-order valence-electron chi connectivity index (χ3n) is 4.82. The Morgan fingerprint density at radius 3 is 2.52 bits per heavy atom. The molecule has 0 aromatic carbocycles. The zero-order chi connectivity index (χ0) is 16.9. The van der Waals surface area contributed by atoms with E-state index >= 15 is 0 Å². The molecule has 0 amide bonds. The number of hydrogen-bond donors (Lipinski definition) is 1. The minimum Gasteiger partial charge on any atom is -0.481 e. The number of unbranched alkanes of at least 4 members (excludes halogenated alkanes) is 5. The lowest BCUT2D eigenvalue weighted by Crippen LogP contribution is -2.51.